The standard InChI is InChI=1S/C52H78N4O4.4ClH/c1-41(23-15-25-43(3)27-17-29-45(5)31-19-33-47(7)39-59-51(57)49(55)35-11-13-37-53)21-9-10-22-42(2)24-16-26-44(4)28-18-30-46(6)32-20-34-48(8)40-60-52(58)50(56)36-12-14-38-54;;;;/h9-10,15-19,21-31,33-34,49-50H,11-14,20,32,35-40,53-56H2,1-8H3;4*1H/b10-9+,23-15+,24-16+,27-17+,28-18+,31-19+,41-21+,42-22+,43-25+,44-26+,45-29+,46-30+,47-33+,48-34-;;;;/t49-,50-;;;;/m0..../s1. The van der Waals surface area contributed by atoms with E-state index in [1.165, 1.54) is 5.57 Å². The molecule has 0 fully saturated rings. The maximum Gasteiger partial charge on any atom is 0.323 e. The van der Waals surface area contributed by atoms with Gasteiger partial charge in [0.1, 0.15) is 25.3 Å². The molecule has 0 saturated carbocycles. The van der Waals surface area contributed by atoms with Gasteiger partial charge in [-0.3, -0.25) is 9.59 Å². The predicted octanol–water partition coefficient (Wildman–Crippen LogP) is 12.4. The molecule has 12 heteroatoms. The SMILES string of the molecule is C/C(=C/CC/C(C)=C/C=C/C(C)=C/C=C/C(C)=C/C=C/C=C(C)/C=C/C=C(C)/C=C/C=C(C)/C=C/C=C(\C)COC(=O)[C@@H](N)CCCCN)COC(=O)[C@@H](N)CCCCN.Cl.Cl.Cl.Cl. The molecule has 362 valence electrons. The average molecular weight is 969 g/mol. The number of halogens is 4. The molecular formula is C52H82Cl4N4O4. The van der Waals surface area contributed by atoms with Gasteiger partial charge < -0.3 is 32.4 Å². The Morgan fingerprint density at radius 2 is 0.750 bits per heavy atom. The van der Waals surface area contributed by atoms with Gasteiger partial charge in [0.15, 0.2) is 0 Å². The first-order valence-corrected chi connectivity index (χ1v) is 21.3. The molecule has 2 atom stereocenters. The molecule has 64 heavy (non-hydrogen) atoms. The second-order valence-electron chi connectivity index (χ2n) is 15.3. The van der Waals surface area contributed by atoms with Gasteiger partial charge in [0.25, 0.3) is 0 Å². The van der Waals surface area contributed by atoms with E-state index < -0.39 is 12.1 Å². The predicted molar refractivity (Wildman–Crippen MR) is 287 cm³/mol. The summed E-state index contributed by atoms with van der Waals surface area (Å²) in [5.74, 6) is -0.720. The summed E-state index contributed by atoms with van der Waals surface area (Å²) in [7, 11) is 0. The van der Waals surface area contributed by atoms with Crippen molar-refractivity contribution in [3.05, 3.63) is 166 Å². The van der Waals surface area contributed by atoms with E-state index >= 15 is 0 Å². The Balaban J connectivity index is -0.00000290. The van der Waals surface area contributed by atoms with E-state index in [4.69, 9.17) is 32.4 Å². The summed E-state index contributed by atoms with van der Waals surface area (Å²) in [4.78, 5) is 24.1. The monoisotopic (exact) mass is 967 g/mol. The van der Waals surface area contributed by atoms with Crippen LogP contribution in [0.2, 0.25) is 0 Å². The third-order valence-corrected chi connectivity index (χ3v) is 8.92. The van der Waals surface area contributed by atoms with Gasteiger partial charge in [-0.05, 0) is 118 Å². The van der Waals surface area contributed by atoms with Crippen molar-refractivity contribution >= 4 is 61.6 Å². The van der Waals surface area contributed by atoms with Crippen LogP contribution in [0.4, 0.5) is 0 Å². The van der Waals surface area contributed by atoms with E-state index in [9.17, 15) is 9.59 Å². The van der Waals surface area contributed by atoms with Crippen molar-refractivity contribution in [2.75, 3.05) is 26.3 Å². The maximum absolute atomic E-state index is 12.0. The van der Waals surface area contributed by atoms with E-state index in [0.29, 0.717) is 25.9 Å². The van der Waals surface area contributed by atoms with Gasteiger partial charge in [0.2, 0.25) is 0 Å². The molecule has 0 heterocycles. The maximum atomic E-state index is 12.0. The minimum Gasteiger partial charge on any atom is -0.460 e. The Morgan fingerprint density at radius 1 is 0.438 bits per heavy atom. The molecular weight excluding hydrogens is 886 g/mol. The minimum atomic E-state index is -0.597. The van der Waals surface area contributed by atoms with Crippen LogP contribution in [0.5, 0.6) is 0 Å². The lowest BCUT2D eigenvalue weighted by Gasteiger charge is -2.11. The van der Waals surface area contributed by atoms with Gasteiger partial charge in [0, 0.05) is 0 Å². The van der Waals surface area contributed by atoms with E-state index in [1.807, 2.05) is 57.2 Å². The number of esters is 2. The number of unbranched alkanes of at least 4 members (excludes halogenated alkanes) is 2. The normalized spacial score (nSPS) is 14.9. The van der Waals surface area contributed by atoms with Crippen molar-refractivity contribution in [1.82, 2.24) is 0 Å². The summed E-state index contributed by atoms with van der Waals surface area (Å²) >= 11 is 0. The second-order valence-corrected chi connectivity index (χ2v) is 15.3. The van der Waals surface area contributed by atoms with E-state index in [0.717, 1.165) is 77.5 Å². The van der Waals surface area contributed by atoms with Gasteiger partial charge in [0.05, 0.1) is 0 Å². The van der Waals surface area contributed by atoms with E-state index in [-0.39, 0.29) is 74.8 Å². The first-order chi connectivity index (χ1) is 28.7. The summed E-state index contributed by atoms with van der Waals surface area (Å²) in [6.45, 7) is 18.1. The highest BCUT2D eigenvalue weighted by Crippen LogP contribution is 2.10. The zero-order valence-corrected chi connectivity index (χ0v) is 43.0. The van der Waals surface area contributed by atoms with Gasteiger partial charge >= 0.3 is 11.9 Å². The Bertz CT molecular complexity index is 1740. The van der Waals surface area contributed by atoms with Crippen molar-refractivity contribution in [3.8, 4) is 0 Å². The highest BCUT2D eigenvalue weighted by Gasteiger charge is 2.15. The van der Waals surface area contributed by atoms with E-state index in [1.54, 1.807) is 0 Å². The fourth-order valence-electron chi connectivity index (χ4n) is 5.05. The molecule has 0 aromatic heterocycles. The smallest absolute Gasteiger partial charge is 0.323 e. The van der Waals surface area contributed by atoms with Gasteiger partial charge in [-0.15, -0.1) is 49.6 Å². The number of hydrogen-bond acceptors (Lipinski definition) is 8. The Labute approximate surface area is 412 Å². The highest BCUT2D eigenvalue weighted by atomic mass is 35.5. The van der Waals surface area contributed by atoms with Crippen LogP contribution in [0.3, 0.4) is 0 Å². The number of carbonyl (C=O) groups excluding carboxylic acids is 2. The molecule has 0 amide bonds. The van der Waals surface area contributed by atoms with Crippen LogP contribution in [0.25, 0.3) is 0 Å². The van der Waals surface area contributed by atoms with Gasteiger partial charge in [-0.25, -0.2) is 0 Å². The first kappa shape index (κ1) is 69.3. The van der Waals surface area contributed by atoms with Gasteiger partial charge in [-0.2, -0.15) is 0 Å². The van der Waals surface area contributed by atoms with Crippen molar-refractivity contribution in [1.29, 1.82) is 0 Å². The molecule has 0 radical (unpaired) electrons. The van der Waals surface area contributed by atoms with Crippen molar-refractivity contribution in [2.24, 2.45) is 22.9 Å². The van der Waals surface area contributed by atoms with Crippen LogP contribution >= 0.6 is 49.6 Å². The number of rotatable bonds is 29. The Kier molecular flexibility index (Phi) is 49.7. The van der Waals surface area contributed by atoms with Crippen molar-refractivity contribution in [3.63, 3.8) is 0 Å². The van der Waals surface area contributed by atoms with Crippen LogP contribution in [0, 0.1) is 0 Å². The van der Waals surface area contributed by atoms with E-state index in [2.05, 4.69) is 120 Å². The molecule has 0 rings (SSSR count). The second kappa shape index (κ2) is 45.9. The third kappa shape index (κ3) is 42.3. The summed E-state index contributed by atoms with van der Waals surface area (Å²) < 4.78 is 10.7. The van der Waals surface area contributed by atoms with Crippen molar-refractivity contribution < 1.29 is 19.1 Å². The zero-order valence-electron chi connectivity index (χ0n) is 39.8. The number of nitrogens with two attached hydrogens (primary N) is 4. The molecule has 0 aliphatic carbocycles. The topological polar surface area (TPSA) is 157 Å². The fraction of sp³-hybridized carbons (Fsp3) is 0.423. The summed E-state index contributed by atoms with van der Waals surface area (Å²) in [6, 6.07) is -1.18. The number of hydrogen-bond donors (Lipinski definition) is 4. The summed E-state index contributed by atoms with van der Waals surface area (Å²) in [6.07, 6.45) is 47.7. The lowest BCUT2D eigenvalue weighted by molar-refractivity contribution is -0.145. The van der Waals surface area contributed by atoms with Crippen molar-refractivity contribution in [2.45, 2.75) is 119 Å². The third-order valence-electron chi connectivity index (χ3n) is 8.92. The zero-order chi connectivity index (χ0) is 45.0. The fourth-order valence-corrected chi connectivity index (χ4v) is 5.05. The lowest BCUT2D eigenvalue weighted by atomic mass is 10.1. The molecule has 0 unspecified atom stereocenters. The molecule has 0 saturated heterocycles. The molecule has 0 aromatic carbocycles. The molecule has 8 N–H and O–H groups in total. The van der Waals surface area contributed by atoms with Crippen LogP contribution in [0.15, 0.2) is 166 Å². The largest absolute Gasteiger partial charge is 0.460 e. The Hall–Kier alpha value is -3.70. The van der Waals surface area contributed by atoms with Crippen LogP contribution in [-0.4, -0.2) is 50.3 Å². The van der Waals surface area contributed by atoms with Gasteiger partial charge in [-0.1, -0.05) is 168 Å². The first-order valence-electron chi connectivity index (χ1n) is 21.3. The summed E-state index contributed by atoms with van der Waals surface area (Å²) in [5, 5.41) is 0. The van der Waals surface area contributed by atoms with Crippen LogP contribution in [-0.2, 0) is 19.1 Å². The Morgan fingerprint density at radius 3 is 1.11 bits per heavy atom. The molecule has 0 aliphatic rings. The highest BCUT2D eigenvalue weighted by molar-refractivity contribution is 5.86. The molecule has 0 spiro atoms. The quantitative estimate of drug-likeness (QED) is 0.0250. The molecule has 8 nitrogen and oxygen atoms in total. The summed E-state index contributed by atoms with van der Waals surface area (Å²) in [5.41, 5.74) is 31.7. The van der Waals surface area contributed by atoms with Crippen LogP contribution in [0.1, 0.15) is 107 Å². The number of allylic oxidation sites excluding steroid dienone is 26. The van der Waals surface area contributed by atoms with Crippen LogP contribution < -0.4 is 22.9 Å². The number of ether oxygens (including phenoxy) is 2. The minimum absolute atomic E-state index is 0. The molecule has 0 aromatic rings. The number of carbonyl (C=O) groups is 2. The average Bonchev–Trinajstić information content (AvgIpc) is 3.20. The lowest BCUT2D eigenvalue weighted by Crippen LogP contribution is -2.32. The molecule has 0 bridgehead atoms. The molecule has 0 aliphatic heterocycles.